The Hall–Kier alpha value is -4.52. The molecule has 0 radical (unpaired) electrons. The van der Waals surface area contributed by atoms with Gasteiger partial charge in [0.1, 0.15) is 24.2 Å². The van der Waals surface area contributed by atoms with E-state index in [1.165, 1.54) is 31.4 Å². The van der Waals surface area contributed by atoms with Crippen molar-refractivity contribution in [3.05, 3.63) is 88.0 Å². The summed E-state index contributed by atoms with van der Waals surface area (Å²) in [4.78, 5) is 30.4. The van der Waals surface area contributed by atoms with Crippen molar-refractivity contribution in [1.82, 2.24) is 9.80 Å². The smallest absolute Gasteiger partial charge is 0.416 e. The van der Waals surface area contributed by atoms with Gasteiger partial charge in [0, 0.05) is 69.9 Å². The molecule has 258 valence electrons. The highest BCUT2D eigenvalue weighted by atomic mass is 19.4. The molecule has 0 saturated carbocycles. The minimum Gasteiger partial charge on any atom is -0.490 e. The van der Waals surface area contributed by atoms with Gasteiger partial charge < -0.3 is 28.9 Å². The molecule has 2 fully saturated rings. The summed E-state index contributed by atoms with van der Waals surface area (Å²) >= 11 is 0. The SMILES string of the molecule is COc1cc(OC2CCCN(C(=O)CCN3CCCN(c4ccc(OCc5ccc(C(F)(F)F)cc5)cc4)CC3)CC2)ccc1[N+](=O)[O-]. The summed E-state index contributed by atoms with van der Waals surface area (Å²) in [6.45, 7) is 5.63. The monoisotopic (exact) mass is 670 g/mol. The van der Waals surface area contributed by atoms with Crippen LogP contribution >= 0.6 is 0 Å². The molecule has 0 spiro atoms. The molecule has 3 aromatic rings. The molecule has 2 aliphatic heterocycles. The van der Waals surface area contributed by atoms with Crippen LogP contribution in [0.5, 0.6) is 17.2 Å². The van der Waals surface area contributed by atoms with Crippen LogP contribution in [0, 0.1) is 10.1 Å². The van der Waals surface area contributed by atoms with Crippen LogP contribution in [0.2, 0.25) is 0 Å². The van der Waals surface area contributed by atoms with Crippen LogP contribution in [0.25, 0.3) is 0 Å². The van der Waals surface area contributed by atoms with Gasteiger partial charge in [-0.2, -0.15) is 13.2 Å². The lowest BCUT2D eigenvalue weighted by Crippen LogP contribution is -2.37. The number of likely N-dealkylation sites (tertiary alicyclic amines) is 1. The van der Waals surface area contributed by atoms with E-state index in [1.807, 2.05) is 29.2 Å². The zero-order chi connectivity index (χ0) is 34.1. The quantitative estimate of drug-likeness (QED) is 0.167. The molecule has 2 saturated heterocycles. The maximum Gasteiger partial charge on any atom is 0.416 e. The lowest BCUT2D eigenvalue weighted by atomic mass is 10.1. The van der Waals surface area contributed by atoms with Gasteiger partial charge in [0.05, 0.1) is 17.6 Å². The Bertz CT molecular complexity index is 1520. The summed E-state index contributed by atoms with van der Waals surface area (Å²) in [6, 6.07) is 17.2. The Labute approximate surface area is 278 Å². The molecule has 0 aliphatic carbocycles. The first kappa shape index (κ1) is 34.8. The Morgan fingerprint density at radius 1 is 0.896 bits per heavy atom. The van der Waals surface area contributed by atoms with Gasteiger partial charge in [-0.25, -0.2) is 0 Å². The predicted molar refractivity (Wildman–Crippen MR) is 175 cm³/mol. The van der Waals surface area contributed by atoms with Gasteiger partial charge in [-0.1, -0.05) is 12.1 Å². The molecule has 1 atom stereocenters. The van der Waals surface area contributed by atoms with Crippen LogP contribution in [-0.4, -0.2) is 79.7 Å². The minimum atomic E-state index is -4.36. The first-order chi connectivity index (χ1) is 23.1. The van der Waals surface area contributed by atoms with Crippen LogP contribution in [0.3, 0.4) is 0 Å². The van der Waals surface area contributed by atoms with Crippen LogP contribution in [0.15, 0.2) is 66.7 Å². The molecular weight excluding hydrogens is 629 g/mol. The largest absolute Gasteiger partial charge is 0.490 e. The van der Waals surface area contributed by atoms with Crippen molar-refractivity contribution in [2.45, 2.75) is 51.0 Å². The van der Waals surface area contributed by atoms with Gasteiger partial charge in [-0.05, 0) is 73.8 Å². The zero-order valence-electron chi connectivity index (χ0n) is 27.0. The lowest BCUT2D eigenvalue weighted by Gasteiger charge is -2.25. The summed E-state index contributed by atoms with van der Waals surface area (Å²) in [5.41, 5.74) is 0.941. The van der Waals surface area contributed by atoms with Gasteiger partial charge in [-0.3, -0.25) is 14.9 Å². The van der Waals surface area contributed by atoms with Crippen LogP contribution < -0.4 is 19.1 Å². The fraction of sp³-hybridized carbons (Fsp3) is 0.457. The van der Waals surface area contributed by atoms with E-state index in [1.54, 1.807) is 6.07 Å². The standard InChI is InChI=1S/C35H41F3N4O6/c1-46-33-24-31(13-14-32(33)42(44)45)48-30-4-2-18-41(21-15-30)34(43)16-20-39-17-3-19-40(23-22-39)28-9-11-29(12-10-28)47-25-26-5-7-27(8-6-26)35(36,37)38/h5-14,24,30H,2-4,15-23,25H2,1H3. The number of anilines is 1. The number of rotatable bonds is 11. The number of halogens is 3. The fourth-order valence-corrected chi connectivity index (χ4v) is 6.08. The van der Waals surface area contributed by atoms with Crippen molar-refractivity contribution < 1.29 is 37.1 Å². The molecule has 5 rings (SSSR count). The van der Waals surface area contributed by atoms with E-state index in [4.69, 9.17) is 14.2 Å². The molecule has 2 heterocycles. The zero-order valence-corrected chi connectivity index (χ0v) is 27.0. The molecular formula is C35H41F3N4O6. The summed E-state index contributed by atoms with van der Waals surface area (Å²) in [6.07, 6.45) is -0.737. The molecule has 1 amide bonds. The number of hydrogen-bond acceptors (Lipinski definition) is 8. The van der Waals surface area contributed by atoms with Crippen molar-refractivity contribution >= 4 is 17.3 Å². The number of hydrogen-bond donors (Lipinski definition) is 0. The van der Waals surface area contributed by atoms with E-state index in [-0.39, 0.29) is 30.1 Å². The van der Waals surface area contributed by atoms with Gasteiger partial charge in [0.25, 0.3) is 0 Å². The van der Waals surface area contributed by atoms with Crippen LogP contribution in [0.1, 0.15) is 43.2 Å². The minimum absolute atomic E-state index is 0.0924. The van der Waals surface area contributed by atoms with E-state index in [0.717, 1.165) is 63.3 Å². The third kappa shape index (κ3) is 9.52. The van der Waals surface area contributed by atoms with E-state index >= 15 is 0 Å². The van der Waals surface area contributed by atoms with Crippen molar-refractivity contribution in [3.63, 3.8) is 0 Å². The van der Waals surface area contributed by atoms with Crippen molar-refractivity contribution in [2.24, 2.45) is 0 Å². The normalized spacial score (nSPS) is 17.7. The van der Waals surface area contributed by atoms with Crippen molar-refractivity contribution in [1.29, 1.82) is 0 Å². The Kier molecular flexibility index (Phi) is 11.6. The highest BCUT2D eigenvalue weighted by molar-refractivity contribution is 5.76. The van der Waals surface area contributed by atoms with Crippen molar-refractivity contribution in [2.75, 3.05) is 57.8 Å². The molecule has 0 aromatic heterocycles. The second-order valence-corrected chi connectivity index (χ2v) is 12.1. The molecule has 3 aromatic carbocycles. The van der Waals surface area contributed by atoms with Gasteiger partial charge in [0.2, 0.25) is 11.7 Å². The summed E-state index contributed by atoms with van der Waals surface area (Å²) < 4.78 is 55.4. The Balaban J connectivity index is 1.03. The van der Waals surface area contributed by atoms with E-state index in [2.05, 4.69) is 9.80 Å². The van der Waals surface area contributed by atoms with Crippen LogP contribution in [-0.2, 0) is 17.6 Å². The number of ether oxygens (including phenoxy) is 3. The molecule has 1 unspecified atom stereocenters. The summed E-state index contributed by atoms with van der Waals surface area (Å²) in [5.74, 6) is 1.45. The number of methoxy groups -OCH3 is 1. The molecule has 13 heteroatoms. The van der Waals surface area contributed by atoms with Gasteiger partial charge in [0.15, 0.2) is 0 Å². The molecule has 48 heavy (non-hydrogen) atoms. The van der Waals surface area contributed by atoms with E-state index in [0.29, 0.717) is 49.5 Å². The van der Waals surface area contributed by atoms with Gasteiger partial charge >= 0.3 is 11.9 Å². The maximum atomic E-state index is 13.2. The van der Waals surface area contributed by atoms with E-state index in [9.17, 15) is 28.1 Å². The third-order valence-electron chi connectivity index (χ3n) is 8.80. The fourth-order valence-electron chi connectivity index (χ4n) is 6.08. The van der Waals surface area contributed by atoms with Crippen LogP contribution in [0.4, 0.5) is 24.5 Å². The lowest BCUT2D eigenvalue weighted by molar-refractivity contribution is -0.385. The average molecular weight is 671 g/mol. The first-order valence-corrected chi connectivity index (χ1v) is 16.2. The number of amides is 1. The average Bonchev–Trinajstić information content (AvgIpc) is 3.47. The maximum absolute atomic E-state index is 13.2. The first-order valence-electron chi connectivity index (χ1n) is 16.2. The topological polar surface area (TPSA) is 97.6 Å². The Morgan fingerprint density at radius 3 is 2.35 bits per heavy atom. The highest BCUT2D eigenvalue weighted by Gasteiger charge is 2.30. The summed E-state index contributed by atoms with van der Waals surface area (Å²) in [7, 11) is 1.39. The second kappa shape index (κ2) is 16.1. The third-order valence-corrected chi connectivity index (χ3v) is 8.80. The second-order valence-electron chi connectivity index (χ2n) is 12.1. The van der Waals surface area contributed by atoms with E-state index < -0.39 is 16.7 Å². The predicted octanol–water partition coefficient (Wildman–Crippen LogP) is 6.56. The molecule has 0 bridgehead atoms. The number of alkyl halides is 3. The Morgan fingerprint density at radius 2 is 1.65 bits per heavy atom. The number of carbonyl (C=O) groups is 1. The number of nitrogens with zero attached hydrogens (tertiary/aromatic N) is 4. The van der Waals surface area contributed by atoms with Crippen molar-refractivity contribution in [3.8, 4) is 17.2 Å². The van der Waals surface area contributed by atoms with Gasteiger partial charge in [-0.15, -0.1) is 0 Å². The number of nitro benzene ring substituents is 1. The highest BCUT2D eigenvalue weighted by Crippen LogP contribution is 2.32. The molecule has 0 N–H and O–H groups in total. The number of benzene rings is 3. The molecule has 2 aliphatic rings. The number of nitro groups is 1. The summed E-state index contributed by atoms with van der Waals surface area (Å²) in [5, 5.41) is 11.2. The number of carbonyl (C=O) groups excluding carboxylic acids is 1. The molecule has 10 nitrogen and oxygen atoms in total.